The van der Waals surface area contributed by atoms with Gasteiger partial charge in [-0.25, -0.2) is 4.39 Å². The third-order valence-corrected chi connectivity index (χ3v) is 1.98. The molecule has 2 aromatic rings. The Morgan fingerprint density at radius 1 is 1.33 bits per heavy atom. The molecule has 0 spiro atoms. The summed E-state index contributed by atoms with van der Waals surface area (Å²) >= 11 is 0. The van der Waals surface area contributed by atoms with Crippen LogP contribution in [-0.2, 0) is 13.7 Å². The first kappa shape index (κ1) is 9.71. The third-order valence-electron chi connectivity index (χ3n) is 1.98. The van der Waals surface area contributed by atoms with Crippen LogP contribution in [0.3, 0.4) is 0 Å². The summed E-state index contributed by atoms with van der Waals surface area (Å²) in [4.78, 5) is 0. The molecule has 3 nitrogen and oxygen atoms in total. The van der Waals surface area contributed by atoms with E-state index in [9.17, 15) is 4.39 Å². The second kappa shape index (κ2) is 4.13. The van der Waals surface area contributed by atoms with E-state index in [2.05, 4.69) is 5.10 Å². The van der Waals surface area contributed by atoms with Gasteiger partial charge in [-0.3, -0.25) is 4.68 Å². The Labute approximate surface area is 87.1 Å². The molecule has 78 valence electrons. The van der Waals surface area contributed by atoms with E-state index in [4.69, 9.17) is 4.74 Å². The summed E-state index contributed by atoms with van der Waals surface area (Å²) in [5.41, 5.74) is 0.778. The predicted octanol–water partition coefficient (Wildman–Crippen LogP) is 2.14. The molecule has 0 radical (unpaired) electrons. The molecular formula is C11H11FN2O. The predicted molar refractivity (Wildman–Crippen MR) is 53.9 cm³/mol. The van der Waals surface area contributed by atoms with Crippen molar-refractivity contribution < 1.29 is 9.13 Å². The monoisotopic (exact) mass is 206 g/mol. The first-order valence-corrected chi connectivity index (χ1v) is 4.61. The molecule has 0 saturated carbocycles. The second-order valence-corrected chi connectivity index (χ2v) is 3.20. The number of ether oxygens (including phenoxy) is 1. The Balaban J connectivity index is 2.02. The zero-order valence-corrected chi connectivity index (χ0v) is 8.35. The number of hydrogen-bond acceptors (Lipinski definition) is 2. The third kappa shape index (κ3) is 2.34. The van der Waals surface area contributed by atoms with Gasteiger partial charge in [0.25, 0.3) is 0 Å². The standard InChI is InChI=1S/C11H11FN2O/c1-14-7-6-9(13-14)8-15-11-5-3-2-4-10(11)12/h2-7H,8H2,1H3. The molecule has 0 atom stereocenters. The van der Waals surface area contributed by atoms with Gasteiger partial charge in [-0.1, -0.05) is 12.1 Å². The molecule has 0 fully saturated rings. The van der Waals surface area contributed by atoms with Gasteiger partial charge in [0.1, 0.15) is 6.61 Å². The molecule has 1 heterocycles. The summed E-state index contributed by atoms with van der Waals surface area (Å²) in [6.45, 7) is 0.280. The van der Waals surface area contributed by atoms with Crippen molar-refractivity contribution in [2.24, 2.45) is 7.05 Å². The topological polar surface area (TPSA) is 27.1 Å². The van der Waals surface area contributed by atoms with E-state index in [1.165, 1.54) is 6.07 Å². The van der Waals surface area contributed by atoms with Crippen molar-refractivity contribution in [3.05, 3.63) is 48.0 Å². The van der Waals surface area contributed by atoms with Crippen molar-refractivity contribution in [3.63, 3.8) is 0 Å². The van der Waals surface area contributed by atoms with E-state index in [1.54, 1.807) is 22.9 Å². The fraction of sp³-hybridized carbons (Fsp3) is 0.182. The van der Waals surface area contributed by atoms with Gasteiger partial charge in [0.15, 0.2) is 11.6 Å². The largest absolute Gasteiger partial charge is 0.484 e. The molecule has 0 saturated heterocycles. The van der Waals surface area contributed by atoms with Crippen LogP contribution in [0.1, 0.15) is 5.69 Å². The number of rotatable bonds is 3. The van der Waals surface area contributed by atoms with Crippen LogP contribution in [-0.4, -0.2) is 9.78 Å². The molecule has 15 heavy (non-hydrogen) atoms. The minimum absolute atomic E-state index is 0.253. The van der Waals surface area contributed by atoms with Crippen LogP contribution in [0.5, 0.6) is 5.75 Å². The molecule has 4 heteroatoms. The maximum atomic E-state index is 13.1. The van der Waals surface area contributed by atoms with E-state index in [0.29, 0.717) is 0 Å². The number of halogens is 1. The van der Waals surface area contributed by atoms with Crippen LogP contribution in [0.25, 0.3) is 0 Å². The van der Waals surface area contributed by atoms with E-state index in [0.717, 1.165) is 5.69 Å². The van der Waals surface area contributed by atoms with Crippen LogP contribution < -0.4 is 4.74 Å². The van der Waals surface area contributed by atoms with Crippen LogP contribution in [0.2, 0.25) is 0 Å². The highest BCUT2D eigenvalue weighted by molar-refractivity contribution is 5.23. The summed E-state index contributed by atoms with van der Waals surface area (Å²) in [5.74, 6) is -0.100. The minimum Gasteiger partial charge on any atom is -0.484 e. The fourth-order valence-electron chi connectivity index (χ4n) is 1.25. The SMILES string of the molecule is Cn1ccc(COc2ccccc2F)n1. The quantitative estimate of drug-likeness (QED) is 0.769. The van der Waals surface area contributed by atoms with Gasteiger partial charge < -0.3 is 4.74 Å². The van der Waals surface area contributed by atoms with Crippen LogP contribution in [0, 0.1) is 5.82 Å². The average Bonchev–Trinajstić information content (AvgIpc) is 2.63. The van der Waals surface area contributed by atoms with Crippen LogP contribution in [0.15, 0.2) is 36.5 Å². The summed E-state index contributed by atoms with van der Waals surface area (Å²) in [7, 11) is 1.83. The first-order valence-electron chi connectivity index (χ1n) is 4.61. The molecule has 0 bridgehead atoms. The van der Waals surface area contributed by atoms with Crippen LogP contribution in [0.4, 0.5) is 4.39 Å². The van der Waals surface area contributed by atoms with Gasteiger partial charge in [-0.2, -0.15) is 5.10 Å². The zero-order valence-electron chi connectivity index (χ0n) is 8.35. The van der Waals surface area contributed by atoms with E-state index >= 15 is 0 Å². The van der Waals surface area contributed by atoms with Gasteiger partial charge in [0.2, 0.25) is 0 Å². The molecule has 0 aliphatic carbocycles. The highest BCUT2D eigenvalue weighted by Gasteiger charge is 2.02. The van der Waals surface area contributed by atoms with Crippen molar-refractivity contribution >= 4 is 0 Å². The molecule has 0 amide bonds. The van der Waals surface area contributed by atoms with Gasteiger partial charge >= 0.3 is 0 Å². The fourth-order valence-corrected chi connectivity index (χ4v) is 1.25. The lowest BCUT2D eigenvalue weighted by Crippen LogP contribution is -1.99. The Bertz CT molecular complexity index is 453. The average molecular weight is 206 g/mol. The number of para-hydroxylation sites is 1. The van der Waals surface area contributed by atoms with Gasteiger partial charge in [-0.15, -0.1) is 0 Å². The second-order valence-electron chi connectivity index (χ2n) is 3.20. The number of hydrogen-bond donors (Lipinski definition) is 0. The van der Waals surface area contributed by atoms with Crippen molar-refractivity contribution in [2.45, 2.75) is 6.61 Å². The number of benzene rings is 1. The lowest BCUT2D eigenvalue weighted by atomic mass is 10.3. The molecular weight excluding hydrogens is 195 g/mol. The van der Waals surface area contributed by atoms with Crippen molar-refractivity contribution in [1.29, 1.82) is 0 Å². The van der Waals surface area contributed by atoms with Crippen LogP contribution >= 0.6 is 0 Å². The summed E-state index contributed by atoms with van der Waals surface area (Å²) in [5, 5.41) is 4.12. The Hall–Kier alpha value is -1.84. The summed E-state index contributed by atoms with van der Waals surface area (Å²) in [6, 6.07) is 8.16. The highest BCUT2D eigenvalue weighted by Crippen LogP contribution is 2.16. The maximum Gasteiger partial charge on any atom is 0.165 e. The molecule has 0 aliphatic heterocycles. The number of nitrogens with zero attached hydrogens (tertiary/aromatic N) is 2. The first-order chi connectivity index (χ1) is 7.25. The number of aromatic nitrogens is 2. The normalized spacial score (nSPS) is 10.3. The Kier molecular flexibility index (Phi) is 2.67. The summed E-state index contributed by atoms with van der Waals surface area (Å²) in [6.07, 6.45) is 1.82. The summed E-state index contributed by atoms with van der Waals surface area (Å²) < 4.78 is 20.1. The molecule has 0 unspecified atom stereocenters. The molecule has 1 aromatic heterocycles. The molecule has 1 aromatic carbocycles. The zero-order chi connectivity index (χ0) is 10.7. The van der Waals surface area contributed by atoms with Crippen molar-refractivity contribution in [1.82, 2.24) is 9.78 Å². The van der Waals surface area contributed by atoms with Crippen molar-refractivity contribution in [3.8, 4) is 5.75 Å². The lowest BCUT2D eigenvalue weighted by Gasteiger charge is -2.04. The van der Waals surface area contributed by atoms with E-state index in [-0.39, 0.29) is 18.2 Å². The van der Waals surface area contributed by atoms with Gasteiger partial charge in [0.05, 0.1) is 5.69 Å². The minimum atomic E-state index is -0.353. The van der Waals surface area contributed by atoms with E-state index < -0.39 is 0 Å². The molecule has 0 aliphatic rings. The van der Waals surface area contributed by atoms with Crippen molar-refractivity contribution in [2.75, 3.05) is 0 Å². The Morgan fingerprint density at radius 3 is 2.80 bits per heavy atom. The highest BCUT2D eigenvalue weighted by atomic mass is 19.1. The van der Waals surface area contributed by atoms with Gasteiger partial charge in [-0.05, 0) is 18.2 Å². The van der Waals surface area contributed by atoms with E-state index in [1.807, 2.05) is 19.3 Å². The maximum absolute atomic E-state index is 13.1. The Morgan fingerprint density at radius 2 is 2.13 bits per heavy atom. The smallest absolute Gasteiger partial charge is 0.165 e. The number of aryl methyl sites for hydroxylation is 1. The lowest BCUT2D eigenvalue weighted by molar-refractivity contribution is 0.285. The van der Waals surface area contributed by atoms with Gasteiger partial charge in [0, 0.05) is 13.2 Å². The molecule has 2 rings (SSSR count). The molecule has 0 N–H and O–H groups in total.